The molecule has 40 heavy (non-hydrogen) atoms. The lowest BCUT2D eigenvalue weighted by Gasteiger charge is -2.30. The lowest BCUT2D eigenvalue weighted by Crippen LogP contribution is -2.43. The Balaban J connectivity index is 1.39. The lowest BCUT2D eigenvalue weighted by atomic mass is 10.1. The maximum atomic E-state index is 13.7. The van der Waals surface area contributed by atoms with E-state index in [-0.39, 0.29) is 5.56 Å². The van der Waals surface area contributed by atoms with E-state index in [0.29, 0.717) is 60.8 Å². The van der Waals surface area contributed by atoms with Crippen LogP contribution in [0.15, 0.2) is 55.1 Å². The van der Waals surface area contributed by atoms with Gasteiger partial charge in [0.1, 0.15) is 18.5 Å². The van der Waals surface area contributed by atoms with Gasteiger partial charge in [-0.2, -0.15) is 27.9 Å². The molecule has 0 spiro atoms. The van der Waals surface area contributed by atoms with Gasteiger partial charge in [0.2, 0.25) is 5.95 Å². The number of hydrogen-bond acceptors (Lipinski definition) is 9. The number of rotatable bonds is 7. The van der Waals surface area contributed by atoms with Gasteiger partial charge in [0.25, 0.3) is 5.91 Å². The Morgan fingerprint density at radius 3 is 2.55 bits per heavy atom. The highest BCUT2D eigenvalue weighted by atomic mass is 19.4. The standard InChI is InChI=1S/C26H27F3N10O/c1-16-3-4-19(12-21(16)37-25-34-15-35-39(25)23-13-22(30-2)32-14-33-23)36-24(40)17-9-18(26(27,28)29)11-20(10-17)38-7-5-31-6-8-38/h3-4,9-15,31H,5-8H2,1-2H3,(H,36,40)(H,30,32,33)(H,34,35,37). The molecule has 0 atom stereocenters. The minimum Gasteiger partial charge on any atom is -0.373 e. The van der Waals surface area contributed by atoms with Crippen molar-refractivity contribution in [3.63, 3.8) is 0 Å². The second-order valence-corrected chi connectivity index (χ2v) is 9.12. The summed E-state index contributed by atoms with van der Waals surface area (Å²) in [6.07, 6.45) is -1.82. The number of aromatic nitrogens is 5. The molecule has 0 saturated carbocycles. The van der Waals surface area contributed by atoms with Crippen LogP contribution in [0.25, 0.3) is 5.82 Å². The van der Waals surface area contributed by atoms with Crippen molar-refractivity contribution < 1.29 is 18.0 Å². The van der Waals surface area contributed by atoms with Crippen molar-refractivity contribution in [2.45, 2.75) is 13.1 Å². The van der Waals surface area contributed by atoms with Crippen molar-refractivity contribution >= 4 is 34.7 Å². The molecule has 14 heteroatoms. The van der Waals surface area contributed by atoms with Crippen LogP contribution in [-0.2, 0) is 6.18 Å². The fourth-order valence-electron chi connectivity index (χ4n) is 4.26. The first-order valence-electron chi connectivity index (χ1n) is 12.5. The lowest BCUT2D eigenvalue weighted by molar-refractivity contribution is -0.137. The van der Waals surface area contributed by atoms with E-state index in [1.807, 2.05) is 11.8 Å². The summed E-state index contributed by atoms with van der Waals surface area (Å²) in [6, 6.07) is 10.3. The average molecular weight is 553 g/mol. The molecule has 1 saturated heterocycles. The first kappa shape index (κ1) is 26.9. The van der Waals surface area contributed by atoms with E-state index in [2.05, 4.69) is 41.3 Å². The Morgan fingerprint density at radius 1 is 1.00 bits per heavy atom. The van der Waals surface area contributed by atoms with Gasteiger partial charge in [-0.05, 0) is 42.8 Å². The molecule has 0 aliphatic carbocycles. The van der Waals surface area contributed by atoms with Crippen molar-refractivity contribution in [1.82, 2.24) is 30.0 Å². The Bertz CT molecular complexity index is 1510. The number of amides is 1. The number of halogens is 3. The van der Waals surface area contributed by atoms with Gasteiger partial charge in [-0.15, -0.1) is 0 Å². The van der Waals surface area contributed by atoms with E-state index in [4.69, 9.17) is 0 Å². The quantitative estimate of drug-likeness (QED) is 0.271. The van der Waals surface area contributed by atoms with Crippen molar-refractivity contribution in [3.05, 3.63) is 71.8 Å². The van der Waals surface area contributed by atoms with Gasteiger partial charge in [0, 0.05) is 61.9 Å². The molecule has 3 heterocycles. The zero-order valence-electron chi connectivity index (χ0n) is 21.8. The molecule has 2 aromatic carbocycles. The van der Waals surface area contributed by atoms with Crippen LogP contribution >= 0.6 is 0 Å². The number of alkyl halides is 3. The predicted molar refractivity (Wildman–Crippen MR) is 145 cm³/mol. The number of nitrogens with one attached hydrogen (secondary N) is 4. The summed E-state index contributed by atoms with van der Waals surface area (Å²) in [5.41, 5.74) is 1.25. The highest BCUT2D eigenvalue weighted by Crippen LogP contribution is 2.34. The van der Waals surface area contributed by atoms with E-state index in [1.165, 1.54) is 23.4 Å². The summed E-state index contributed by atoms with van der Waals surface area (Å²) in [7, 11) is 1.74. The summed E-state index contributed by atoms with van der Waals surface area (Å²) < 4.78 is 42.5. The molecular weight excluding hydrogens is 525 g/mol. The van der Waals surface area contributed by atoms with Gasteiger partial charge in [0.05, 0.1) is 5.56 Å². The molecule has 1 aliphatic rings. The van der Waals surface area contributed by atoms with Crippen LogP contribution in [0.3, 0.4) is 0 Å². The molecule has 0 bridgehead atoms. The predicted octanol–water partition coefficient (Wildman–Crippen LogP) is 3.83. The summed E-state index contributed by atoms with van der Waals surface area (Å²) in [5.74, 6) is 0.792. The van der Waals surface area contributed by atoms with Crippen LogP contribution in [0.1, 0.15) is 21.5 Å². The van der Waals surface area contributed by atoms with Crippen molar-refractivity contribution in [1.29, 1.82) is 0 Å². The van der Waals surface area contributed by atoms with Crippen molar-refractivity contribution in [2.75, 3.05) is 54.1 Å². The molecule has 0 unspecified atom stereocenters. The summed E-state index contributed by atoms with van der Waals surface area (Å²) >= 11 is 0. The van der Waals surface area contributed by atoms with Gasteiger partial charge in [-0.1, -0.05) is 6.07 Å². The second kappa shape index (κ2) is 11.2. The van der Waals surface area contributed by atoms with E-state index >= 15 is 0 Å². The minimum atomic E-state index is -4.59. The van der Waals surface area contributed by atoms with Crippen LogP contribution in [0.2, 0.25) is 0 Å². The van der Waals surface area contributed by atoms with Gasteiger partial charge < -0.3 is 26.2 Å². The fraction of sp³-hybridized carbons (Fsp3) is 0.269. The van der Waals surface area contributed by atoms with Gasteiger partial charge in [-0.3, -0.25) is 4.79 Å². The molecule has 5 rings (SSSR count). The third kappa shape index (κ3) is 5.96. The molecule has 4 aromatic rings. The van der Waals surface area contributed by atoms with Gasteiger partial charge in [0.15, 0.2) is 5.82 Å². The Kier molecular flexibility index (Phi) is 7.51. The Labute approximate surface area is 227 Å². The number of benzene rings is 2. The number of carbonyl (C=O) groups is 1. The minimum absolute atomic E-state index is 0.0812. The molecule has 1 fully saturated rings. The van der Waals surface area contributed by atoms with Crippen LogP contribution in [0, 0.1) is 6.92 Å². The van der Waals surface area contributed by atoms with Crippen molar-refractivity contribution in [3.8, 4) is 5.82 Å². The van der Waals surface area contributed by atoms with Gasteiger partial charge in [-0.25, -0.2) is 9.97 Å². The summed E-state index contributed by atoms with van der Waals surface area (Å²) in [6.45, 7) is 4.26. The normalized spacial score (nSPS) is 13.7. The monoisotopic (exact) mass is 552 g/mol. The van der Waals surface area contributed by atoms with Crippen LogP contribution in [0.4, 0.5) is 42.0 Å². The molecule has 4 N–H and O–H groups in total. The third-order valence-electron chi connectivity index (χ3n) is 6.40. The van der Waals surface area contributed by atoms with Crippen molar-refractivity contribution in [2.24, 2.45) is 0 Å². The first-order chi connectivity index (χ1) is 19.2. The van der Waals surface area contributed by atoms with Crippen LogP contribution in [-0.4, -0.2) is 63.9 Å². The zero-order chi connectivity index (χ0) is 28.3. The topological polar surface area (TPSA) is 125 Å². The molecular formula is C26H27F3N10O. The van der Waals surface area contributed by atoms with Crippen LogP contribution < -0.4 is 26.2 Å². The van der Waals surface area contributed by atoms with E-state index in [1.54, 1.807) is 31.3 Å². The zero-order valence-corrected chi connectivity index (χ0v) is 21.8. The summed E-state index contributed by atoms with van der Waals surface area (Å²) in [4.78, 5) is 27.6. The van der Waals surface area contributed by atoms with E-state index in [9.17, 15) is 18.0 Å². The molecule has 208 valence electrons. The van der Waals surface area contributed by atoms with E-state index < -0.39 is 17.6 Å². The number of carbonyl (C=O) groups excluding carboxylic acids is 1. The summed E-state index contributed by atoms with van der Waals surface area (Å²) in [5, 5.41) is 16.3. The van der Waals surface area contributed by atoms with Crippen LogP contribution in [0.5, 0.6) is 0 Å². The largest absolute Gasteiger partial charge is 0.416 e. The molecule has 11 nitrogen and oxygen atoms in total. The maximum absolute atomic E-state index is 13.7. The number of anilines is 5. The SMILES string of the molecule is CNc1cc(-n2ncnc2Nc2cc(NC(=O)c3cc(N4CCNCC4)cc(C(F)(F)F)c3)ccc2C)ncn1. The van der Waals surface area contributed by atoms with Gasteiger partial charge >= 0.3 is 6.18 Å². The molecule has 2 aromatic heterocycles. The number of hydrogen-bond donors (Lipinski definition) is 4. The smallest absolute Gasteiger partial charge is 0.373 e. The number of nitrogens with zero attached hydrogens (tertiary/aromatic N) is 6. The Morgan fingerprint density at radius 2 is 1.80 bits per heavy atom. The first-order valence-corrected chi connectivity index (χ1v) is 12.5. The highest BCUT2D eigenvalue weighted by Gasteiger charge is 2.32. The molecule has 0 radical (unpaired) electrons. The number of piperazine rings is 1. The third-order valence-corrected chi connectivity index (χ3v) is 6.40. The fourth-order valence-corrected chi connectivity index (χ4v) is 4.26. The van der Waals surface area contributed by atoms with E-state index in [0.717, 1.165) is 17.7 Å². The maximum Gasteiger partial charge on any atom is 0.416 e. The highest BCUT2D eigenvalue weighted by molar-refractivity contribution is 6.05. The Hall–Kier alpha value is -4.72. The molecule has 1 amide bonds. The number of aryl methyl sites for hydroxylation is 1. The average Bonchev–Trinajstić information content (AvgIpc) is 3.43. The second-order valence-electron chi connectivity index (χ2n) is 9.12. The molecule has 1 aliphatic heterocycles.